The van der Waals surface area contributed by atoms with Crippen molar-refractivity contribution in [2.75, 3.05) is 0 Å². The molecule has 0 N–H and O–H groups in total. The van der Waals surface area contributed by atoms with Crippen LogP contribution in [0.2, 0.25) is 0 Å². The molecule has 23 heavy (non-hydrogen) atoms. The van der Waals surface area contributed by atoms with Crippen LogP contribution in [0.1, 0.15) is 94.5 Å². The Morgan fingerprint density at radius 3 is 2.17 bits per heavy atom. The van der Waals surface area contributed by atoms with Crippen LogP contribution in [0.25, 0.3) is 0 Å². The topological polar surface area (TPSA) is 17.1 Å². The second-order valence-electron chi connectivity index (χ2n) is 7.54. The van der Waals surface area contributed by atoms with Gasteiger partial charge in [0.1, 0.15) is 0 Å². The molecule has 0 unspecified atom stereocenters. The SMILES string of the molecule is CC(C)(C)CCCCCCCCCC#Cc1ccccc1C=O. The van der Waals surface area contributed by atoms with E-state index in [1.807, 2.05) is 24.3 Å². The summed E-state index contributed by atoms with van der Waals surface area (Å²) in [5.41, 5.74) is 2.03. The highest BCUT2D eigenvalue weighted by Gasteiger charge is 2.08. The van der Waals surface area contributed by atoms with E-state index in [1.165, 1.54) is 44.9 Å². The summed E-state index contributed by atoms with van der Waals surface area (Å²) < 4.78 is 0. The Morgan fingerprint density at radius 1 is 0.913 bits per heavy atom. The molecule has 0 aliphatic carbocycles. The number of rotatable bonds is 9. The Bertz CT molecular complexity index is 511. The van der Waals surface area contributed by atoms with Gasteiger partial charge in [0.2, 0.25) is 0 Å². The van der Waals surface area contributed by atoms with Gasteiger partial charge in [-0.05, 0) is 24.3 Å². The van der Waals surface area contributed by atoms with Gasteiger partial charge < -0.3 is 0 Å². The van der Waals surface area contributed by atoms with Crippen LogP contribution in [0.5, 0.6) is 0 Å². The normalized spacial score (nSPS) is 10.9. The average molecular weight is 312 g/mol. The molecule has 0 aliphatic rings. The fraction of sp³-hybridized carbons (Fsp3) is 0.591. The Labute approximate surface area is 142 Å². The van der Waals surface area contributed by atoms with E-state index in [0.29, 0.717) is 11.0 Å². The molecule has 0 heterocycles. The fourth-order valence-corrected chi connectivity index (χ4v) is 2.62. The maximum atomic E-state index is 10.9. The molecule has 0 aliphatic heterocycles. The van der Waals surface area contributed by atoms with Gasteiger partial charge in [0.15, 0.2) is 6.29 Å². The monoisotopic (exact) mass is 312 g/mol. The van der Waals surface area contributed by atoms with Gasteiger partial charge in [-0.1, -0.05) is 89.3 Å². The molecule has 0 spiro atoms. The van der Waals surface area contributed by atoms with Gasteiger partial charge in [-0.15, -0.1) is 0 Å². The molecule has 1 heteroatoms. The maximum Gasteiger partial charge on any atom is 0.151 e. The zero-order valence-corrected chi connectivity index (χ0v) is 15.2. The van der Waals surface area contributed by atoms with Crippen molar-refractivity contribution in [2.45, 2.75) is 78.6 Å². The van der Waals surface area contributed by atoms with Crippen molar-refractivity contribution in [2.24, 2.45) is 5.41 Å². The van der Waals surface area contributed by atoms with E-state index in [1.54, 1.807) is 0 Å². The third kappa shape index (κ3) is 9.95. The first-order valence-corrected chi connectivity index (χ1v) is 9.06. The van der Waals surface area contributed by atoms with E-state index in [9.17, 15) is 4.79 Å². The molecule has 1 aromatic carbocycles. The van der Waals surface area contributed by atoms with E-state index in [4.69, 9.17) is 0 Å². The Morgan fingerprint density at radius 2 is 1.52 bits per heavy atom. The molecule has 0 saturated heterocycles. The number of carbonyl (C=O) groups excluding carboxylic acids is 1. The van der Waals surface area contributed by atoms with Crippen LogP contribution in [0, 0.1) is 17.3 Å². The summed E-state index contributed by atoms with van der Waals surface area (Å²) in [6.07, 6.45) is 12.4. The van der Waals surface area contributed by atoms with Gasteiger partial charge in [0, 0.05) is 17.5 Å². The lowest BCUT2D eigenvalue weighted by Gasteiger charge is -2.17. The maximum absolute atomic E-state index is 10.9. The van der Waals surface area contributed by atoms with Crippen molar-refractivity contribution in [1.29, 1.82) is 0 Å². The smallest absolute Gasteiger partial charge is 0.151 e. The number of carbonyl (C=O) groups is 1. The summed E-state index contributed by atoms with van der Waals surface area (Å²) in [6.45, 7) is 6.96. The third-order valence-electron chi connectivity index (χ3n) is 4.04. The van der Waals surface area contributed by atoms with Gasteiger partial charge in [-0.3, -0.25) is 4.79 Å². The van der Waals surface area contributed by atoms with Crippen LogP contribution < -0.4 is 0 Å². The molecule has 1 aromatic rings. The van der Waals surface area contributed by atoms with Gasteiger partial charge in [0.05, 0.1) is 0 Å². The average Bonchev–Trinajstić information content (AvgIpc) is 2.52. The Hall–Kier alpha value is -1.55. The van der Waals surface area contributed by atoms with Crippen molar-refractivity contribution >= 4 is 6.29 Å². The molecule has 0 atom stereocenters. The molecular weight excluding hydrogens is 280 g/mol. The quantitative estimate of drug-likeness (QED) is 0.292. The lowest BCUT2D eigenvalue weighted by atomic mass is 9.89. The summed E-state index contributed by atoms with van der Waals surface area (Å²) >= 11 is 0. The first kappa shape index (κ1) is 19.5. The molecule has 1 rings (SSSR count). The Balaban J connectivity index is 2.04. The second kappa shape index (κ2) is 11.1. The summed E-state index contributed by atoms with van der Waals surface area (Å²) in [7, 11) is 0. The van der Waals surface area contributed by atoms with Crippen LogP contribution in [0.4, 0.5) is 0 Å². The highest BCUT2D eigenvalue weighted by Crippen LogP contribution is 2.22. The summed E-state index contributed by atoms with van der Waals surface area (Å²) in [5, 5.41) is 0. The number of hydrogen-bond acceptors (Lipinski definition) is 1. The van der Waals surface area contributed by atoms with Crippen LogP contribution in [0.15, 0.2) is 24.3 Å². The van der Waals surface area contributed by atoms with Crippen LogP contribution in [0.3, 0.4) is 0 Å². The zero-order chi connectivity index (χ0) is 17.0. The van der Waals surface area contributed by atoms with Crippen LogP contribution in [-0.4, -0.2) is 6.29 Å². The van der Waals surface area contributed by atoms with E-state index in [-0.39, 0.29) is 0 Å². The van der Waals surface area contributed by atoms with Crippen molar-refractivity contribution in [3.63, 3.8) is 0 Å². The van der Waals surface area contributed by atoms with Gasteiger partial charge in [-0.25, -0.2) is 0 Å². The molecule has 0 radical (unpaired) electrons. The minimum atomic E-state index is 0.487. The molecule has 0 bridgehead atoms. The first-order chi connectivity index (χ1) is 11.0. The van der Waals surface area contributed by atoms with Crippen molar-refractivity contribution in [1.82, 2.24) is 0 Å². The molecule has 0 aromatic heterocycles. The van der Waals surface area contributed by atoms with E-state index < -0.39 is 0 Å². The number of aldehydes is 1. The lowest BCUT2D eigenvalue weighted by molar-refractivity contribution is 0.112. The largest absolute Gasteiger partial charge is 0.298 e. The van der Waals surface area contributed by atoms with Gasteiger partial charge in [0.25, 0.3) is 0 Å². The minimum absolute atomic E-state index is 0.487. The van der Waals surface area contributed by atoms with E-state index in [2.05, 4.69) is 32.6 Å². The highest BCUT2D eigenvalue weighted by molar-refractivity contribution is 5.79. The highest BCUT2D eigenvalue weighted by atomic mass is 16.1. The zero-order valence-electron chi connectivity index (χ0n) is 15.2. The Kier molecular flexibility index (Phi) is 9.37. The van der Waals surface area contributed by atoms with Gasteiger partial charge >= 0.3 is 0 Å². The molecule has 0 saturated carbocycles. The van der Waals surface area contributed by atoms with Crippen LogP contribution >= 0.6 is 0 Å². The van der Waals surface area contributed by atoms with E-state index >= 15 is 0 Å². The number of benzene rings is 1. The fourth-order valence-electron chi connectivity index (χ4n) is 2.62. The predicted octanol–water partition coefficient (Wildman–Crippen LogP) is 6.41. The van der Waals surface area contributed by atoms with Crippen molar-refractivity contribution in [3.05, 3.63) is 35.4 Å². The minimum Gasteiger partial charge on any atom is -0.298 e. The first-order valence-electron chi connectivity index (χ1n) is 9.06. The standard InChI is InChI=1S/C22H32O/c1-22(2,3)18-14-10-8-6-4-5-7-9-11-15-20-16-12-13-17-21(20)19-23/h12-13,16-17,19H,4-10,14,18H2,1-3H3. The number of hydrogen-bond donors (Lipinski definition) is 0. The second-order valence-corrected chi connectivity index (χ2v) is 7.54. The molecule has 0 fully saturated rings. The molecule has 126 valence electrons. The third-order valence-corrected chi connectivity index (χ3v) is 4.04. The van der Waals surface area contributed by atoms with Crippen LogP contribution in [-0.2, 0) is 0 Å². The lowest BCUT2D eigenvalue weighted by Crippen LogP contribution is -2.03. The molecule has 0 amide bonds. The summed E-state index contributed by atoms with van der Waals surface area (Å²) in [4.78, 5) is 10.9. The van der Waals surface area contributed by atoms with Crippen molar-refractivity contribution in [3.8, 4) is 11.8 Å². The molecular formula is C22H32O. The molecule has 1 nitrogen and oxygen atoms in total. The number of unbranched alkanes of at least 4 members (excludes halogenated alkanes) is 7. The van der Waals surface area contributed by atoms with E-state index in [0.717, 1.165) is 24.7 Å². The van der Waals surface area contributed by atoms with Crippen molar-refractivity contribution < 1.29 is 4.79 Å². The summed E-state index contributed by atoms with van der Waals surface area (Å²) in [6, 6.07) is 7.53. The van der Waals surface area contributed by atoms with Gasteiger partial charge in [-0.2, -0.15) is 0 Å². The summed E-state index contributed by atoms with van der Waals surface area (Å²) in [5.74, 6) is 6.31. The predicted molar refractivity (Wildman–Crippen MR) is 99.7 cm³/mol.